The monoisotopic (exact) mass is 449 g/mol. The third kappa shape index (κ3) is 6.17. The standard InChI is InChI=1S/C22H27NO5S2/c1-22(2,3)20(24)14-28-21(25)18-11-6-7-12-19(18)29-15-16-9-8-10-17(13-16)30(26,27)23(4)5/h6-13H,14-15H2,1-5H3. The number of esters is 1. The van der Waals surface area contributed by atoms with Crippen LogP contribution in [-0.2, 0) is 25.3 Å². The minimum absolute atomic E-state index is 0.153. The van der Waals surface area contributed by atoms with Gasteiger partial charge in [-0.05, 0) is 29.8 Å². The molecule has 8 heteroatoms. The number of Topliss-reactive ketones (excluding diaryl/α,β-unsaturated/α-hetero) is 1. The van der Waals surface area contributed by atoms with Crippen LogP contribution < -0.4 is 0 Å². The van der Waals surface area contributed by atoms with E-state index in [1.54, 1.807) is 57.2 Å². The third-order valence-corrected chi connectivity index (χ3v) is 7.30. The van der Waals surface area contributed by atoms with Crippen LogP contribution >= 0.6 is 11.8 Å². The number of ketones is 1. The lowest BCUT2D eigenvalue weighted by molar-refractivity contribution is -0.129. The first-order valence-corrected chi connectivity index (χ1v) is 11.8. The lowest BCUT2D eigenvalue weighted by Gasteiger charge is -2.16. The number of thioether (sulfide) groups is 1. The number of hydrogen-bond donors (Lipinski definition) is 0. The van der Waals surface area contributed by atoms with E-state index in [9.17, 15) is 18.0 Å². The predicted octanol–water partition coefficient (Wildman–Crippen LogP) is 4.00. The summed E-state index contributed by atoms with van der Waals surface area (Å²) in [6.07, 6.45) is 0. The average Bonchev–Trinajstić information content (AvgIpc) is 2.69. The van der Waals surface area contributed by atoms with Gasteiger partial charge in [0.2, 0.25) is 10.0 Å². The number of sulfonamides is 1. The Hall–Kier alpha value is -2.16. The van der Waals surface area contributed by atoms with Crippen molar-refractivity contribution in [1.29, 1.82) is 0 Å². The zero-order valence-corrected chi connectivity index (χ0v) is 19.5. The van der Waals surface area contributed by atoms with E-state index in [-0.39, 0.29) is 17.3 Å². The molecule has 2 rings (SSSR count). The van der Waals surface area contributed by atoms with Crippen molar-refractivity contribution < 1.29 is 22.7 Å². The van der Waals surface area contributed by atoms with E-state index < -0.39 is 21.4 Å². The van der Waals surface area contributed by atoms with Gasteiger partial charge in [-0.2, -0.15) is 0 Å². The fraction of sp³-hybridized carbons (Fsp3) is 0.364. The second-order valence-electron chi connectivity index (χ2n) is 7.97. The molecule has 0 N–H and O–H groups in total. The van der Waals surface area contributed by atoms with Crippen LogP contribution in [0.2, 0.25) is 0 Å². The van der Waals surface area contributed by atoms with Crippen molar-refractivity contribution in [2.45, 2.75) is 36.3 Å². The Bertz CT molecular complexity index is 1020. The van der Waals surface area contributed by atoms with E-state index in [0.717, 1.165) is 5.56 Å². The number of benzene rings is 2. The Morgan fingerprint density at radius 1 is 1.03 bits per heavy atom. The van der Waals surface area contributed by atoms with Gasteiger partial charge < -0.3 is 4.74 Å². The van der Waals surface area contributed by atoms with Gasteiger partial charge in [0.05, 0.1) is 10.5 Å². The molecular formula is C22H27NO5S2. The fourth-order valence-electron chi connectivity index (χ4n) is 2.35. The molecule has 0 aliphatic rings. The highest BCUT2D eigenvalue weighted by Crippen LogP contribution is 2.28. The van der Waals surface area contributed by atoms with Gasteiger partial charge in [-0.1, -0.05) is 45.0 Å². The first-order chi connectivity index (χ1) is 13.9. The molecule has 0 amide bonds. The summed E-state index contributed by atoms with van der Waals surface area (Å²) in [6.45, 7) is 5.05. The number of nitrogens with zero attached hydrogens (tertiary/aromatic N) is 1. The van der Waals surface area contributed by atoms with Gasteiger partial charge in [0.25, 0.3) is 0 Å². The molecule has 6 nitrogen and oxygen atoms in total. The minimum Gasteiger partial charge on any atom is -0.454 e. The summed E-state index contributed by atoms with van der Waals surface area (Å²) in [7, 11) is -0.535. The van der Waals surface area contributed by atoms with Crippen molar-refractivity contribution in [2.24, 2.45) is 5.41 Å². The summed E-state index contributed by atoms with van der Waals surface area (Å²) in [5, 5.41) is 0. The zero-order chi connectivity index (χ0) is 22.5. The maximum Gasteiger partial charge on any atom is 0.339 e. The summed E-state index contributed by atoms with van der Waals surface area (Å²) in [6, 6.07) is 13.7. The van der Waals surface area contributed by atoms with E-state index in [1.807, 2.05) is 12.1 Å². The van der Waals surface area contributed by atoms with Gasteiger partial charge in [-0.25, -0.2) is 17.5 Å². The minimum atomic E-state index is -3.51. The van der Waals surface area contributed by atoms with Crippen molar-refractivity contribution in [3.8, 4) is 0 Å². The normalized spacial score (nSPS) is 12.1. The maximum absolute atomic E-state index is 12.5. The molecule has 0 atom stereocenters. The van der Waals surface area contributed by atoms with E-state index in [2.05, 4.69) is 0 Å². The quantitative estimate of drug-likeness (QED) is 0.448. The van der Waals surface area contributed by atoms with Gasteiger partial charge in [0.15, 0.2) is 12.4 Å². The van der Waals surface area contributed by atoms with Crippen LogP contribution in [0.4, 0.5) is 0 Å². The summed E-state index contributed by atoms with van der Waals surface area (Å²) in [4.78, 5) is 25.4. The van der Waals surface area contributed by atoms with Crippen molar-refractivity contribution in [3.05, 3.63) is 59.7 Å². The molecule has 0 fully saturated rings. The van der Waals surface area contributed by atoms with Gasteiger partial charge >= 0.3 is 5.97 Å². The van der Waals surface area contributed by atoms with E-state index in [0.29, 0.717) is 16.2 Å². The van der Waals surface area contributed by atoms with Crippen LogP contribution in [-0.4, -0.2) is 45.2 Å². The largest absolute Gasteiger partial charge is 0.454 e. The maximum atomic E-state index is 12.5. The third-order valence-electron chi connectivity index (χ3n) is 4.35. The van der Waals surface area contributed by atoms with E-state index in [1.165, 1.54) is 30.2 Å². The van der Waals surface area contributed by atoms with Crippen LogP contribution in [0.3, 0.4) is 0 Å². The van der Waals surface area contributed by atoms with Crippen molar-refractivity contribution >= 4 is 33.5 Å². The molecule has 0 aliphatic carbocycles. The van der Waals surface area contributed by atoms with Crippen LogP contribution in [0.1, 0.15) is 36.7 Å². The molecule has 0 radical (unpaired) electrons. The van der Waals surface area contributed by atoms with Gasteiger partial charge in [0, 0.05) is 30.2 Å². The van der Waals surface area contributed by atoms with Crippen LogP contribution in [0.5, 0.6) is 0 Å². The predicted molar refractivity (Wildman–Crippen MR) is 118 cm³/mol. The first-order valence-electron chi connectivity index (χ1n) is 9.36. The molecule has 0 aromatic heterocycles. The highest BCUT2D eigenvalue weighted by atomic mass is 32.2. The van der Waals surface area contributed by atoms with Gasteiger partial charge in [0.1, 0.15) is 0 Å². The Balaban J connectivity index is 2.13. The van der Waals surface area contributed by atoms with E-state index >= 15 is 0 Å². The Kier molecular flexibility index (Phi) is 7.85. The summed E-state index contributed by atoms with van der Waals surface area (Å²) in [5.41, 5.74) is 0.613. The van der Waals surface area contributed by atoms with Crippen molar-refractivity contribution in [1.82, 2.24) is 4.31 Å². The second kappa shape index (κ2) is 9.76. The Morgan fingerprint density at radius 3 is 2.33 bits per heavy atom. The van der Waals surface area contributed by atoms with Crippen LogP contribution in [0.15, 0.2) is 58.3 Å². The number of carbonyl (C=O) groups is 2. The lowest BCUT2D eigenvalue weighted by atomic mass is 9.91. The lowest BCUT2D eigenvalue weighted by Crippen LogP contribution is -2.26. The number of hydrogen-bond acceptors (Lipinski definition) is 6. The molecule has 0 aliphatic heterocycles. The highest BCUT2D eigenvalue weighted by Gasteiger charge is 2.23. The average molecular weight is 450 g/mol. The SMILES string of the molecule is CN(C)S(=O)(=O)c1cccc(CSc2ccccc2C(=O)OCC(=O)C(C)(C)C)c1. The second-order valence-corrected chi connectivity index (χ2v) is 11.1. The summed E-state index contributed by atoms with van der Waals surface area (Å²) in [5.74, 6) is -0.235. The van der Waals surface area contributed by atoms with E-state index in [4.69, 9.17) is 4.74 Å². The fourth-order valence-corrected chi connectivity index (χ4v) is 4.31. The van der Waals surface area contributed by atoms with Gasteiger partial charge in [-0.15, -0.1) is 11.8 Å². The molecule has 0 saturated carbocycles. The zero-order valence-electron chi connectivity index (χ0n) is 17.8. The molecule has 0 heterocycles. The Morgan fingerprint density at radius 2 is 1.70 bits per heavy atom. The molecule has 0 unspecified atom stereocenters. The molecule has 2 aromatic rings. The molecule has 0 spiro atoms. The molecule has 0 saturated heterocycles. The summed E-state index contributed by atoms with van der Waals surface area (Å²) < 4.78 is 31.0. The highest BCUT2D eigenvalue weighted by molar-refractivity contribution is 7.98. The van der Waals surface area contributed by atoms with Crippen molar-refractivity contribution in [3.63, 3.8) is 0 Å². The molecule has 30 heavy (non-hydrogen) atoms. The van der Waals surface area contributed by atoms with Crippen molar-refractivity contribution in [2.75, 3.05) is 20.7 Å². The number of rotatable bonds is 8. The van der Waals surface area contributed by atoms with Crippen LogP contribution in [0, 0.1) is 5.41 Å². The van der Waals surface area contributed by atoms with Crippen LogP contribution in [0.25, 0.3) is 0 Å². The smallest absolute Gasteiger partial charge is 0.339 e. The molecule has 0 bridgehead atoms. The molecular weight excluding hydrogens is 422 g/mol. The molecule has 162 valence electrons. The summed E-state index contributed by atoms with van der Waals surface area (Å²) >= 11 is 1.40. The Labute approximate surface area is 182 Å². The topological polar surface area (TPSA) is 80.8 Å². The molecule has 2 aromatic carbocycles. The number of carbonyl (C=O) groups excluding carboxylic acids is 2. The van der Waals surface area contributed by atoms with Gasteiger partial charge in [-0.3, -0.25) is 4.79 Å². The first kappa shape index (κ1) is 24.1. The number of ether oxygens (including phenoxy) is 1.